The zero-order chi connectivity index (χ0) is 20.4. The Bertz CT molecular complexity index is 673. The molecule has 0 aliphatic carbocycles. The van der Waals surface area contributed by atoms with E-state index in [1.54, 1.807) is 24.3 Å². The Balaban J connectivity index is 2.43. The van der Waals surface area contributed by atoms with E-state index < -0.39 is 12.0 Å². The van der Waals surface area contributed by atoms with Gasteiger partial charge in [0.15, 0.2) is 0 Å². The summed E-state index contributed by atoms with van der Waals surface area (Å²) in [5.41, 5.74) is 6.94. The van der Waals surface area contributed by atoms with Gasteiger partial charge >= 0.3 is 5.97 Å². The van der Waals surface area contributed by atoms with Crippen LogP contribution in [-0.4, -0.2) is 49.9 Å². The summed E-state index contributed by atoms with van der Waals surface area (Å²) in [5.74, 6) is -1.63. The van der Waals surface area contributed by atoms with E-state index in [9.17, 15) is 19.2 Å². The van der Waals surface area contributed by atoms with Gasteiger partial charge in [-0.05, 0) is 23.6 Å². The Morgan fingerprint density at radius 1 is 1.00 bits per heavy atom. The molecule has 0 aliphatic rings. The molecule has 1 atom stereocenters. The average molecular weight is 378 g/mol. The third kappa shape index (κ3) is 8.32. The molecular weight excluding hydrogens is 352 g/mol. The van der Waals surface area contributed by atoms with Crippen LogP contribution in [-0.2, 0) is 30.3 Å². The normalized spacial score (nSPS) is 11.4. The summed E-state index contributed by atoms with van der Waals surface area (Å²) in [6, 6.07) is 5.98. The van der Waals surface area contributed by atoms with E-state index in [-0.39, 0.29) is 43.1 Å². The van der Waals surface area contributed by atoms with Crippen LogP contribution in [0.2, 0.25) is 0 Å². The van der Waals surface area contributed by atoms with Crippen molar-refractivity contribution in [1.29, 1.82) is 0 Å². The van der Waals surface area contributed by atoms with Crippen LogP contribution in [0.3, 0.4) is 0 Å². The number of anilines is 1. The van der Waals surface area contributed by atoms with Crippen LogP contribution in [0.4, 0.5) is 5.69 Å². The number of rotatable bonds is 9. The van der Waals surface area contributed by atoms with E-state index in [4.69, 9.17) is 5.73 Å². The SMILES string of the molecule is COC(=O)CNC(=O)Cc1ccc(NC(=O)CNC(=O)[C@@H](N)C(C)C)cc1. The molecule has 0 aromatic heterocycles. The van der Waals surface area contributed by atoms with Crippen LogP contribution >= 0.6 is 0 Å². The lowest BCUT2D eigenvalue weighted by Crippen LogP contribution is -2.46. The molecule has 9 nitrogen and oxygen atoms in total. The molecule has 0 spiro atoms. The van der Waals surface area contributed by atoms with Gasteiger partial charge in [-0.25, -0.2) is 0 Å². The van der Waals surface area contributed by atoms with Gasteiger partial charge in [0.2, 0.25) is 17.7 Å². The molecule has 0 fully saturated rings. The van der Waals surface area contributed by atoms with Crippen molar-refractivity contribution >= 4 is 29.4 Å². The van der Waals surface area contributed by atoms with Crippen molar-refractivity contribution in [3.05, 3.63) is 29.8 Å². The van der Waals surface area contributed by atoms with Crippen molar-refractivity contribution in [2.75, 3.05) is 25.5 Å². The summed E-state index contributed by atoms with van der Waals surface area (Å²) in [5, 5.41) is 7.56. The number of amides is 3. The topological polar surface area (TPSA) is 140 Å². The zero-order valence-electron chi connectivity index (χ0n) is 15.7. The number of nitrogens with one attached hydrogen (secondary N) is 3. The van der Waals surface area contributed by atoms with E-state index in [2.05, 4.69) is 20.7 Å². The molecule has 0 heterocycles. The Hall–Kier alpha value is -2.94. The second-order valence-corrected chi connectivity index (χ2v) is 6.26. The van der Waals surface area contributed by atoms with Gasteiger partial charge in [0, 0.05) is 5.69 Å². The van der Waals surface area contributed by atoms with E-state index >= 15 is 0 Å². The van der Waals surface area contributed by atoms with Gasteiger partial charge in [0.25, 0.3) is 0 Å². The van der Waals surface area contributed by atoms with Gasteiger partial charge in [-0.1, -0.05) is 26.0 Å². The molecule has 0 unspecified atom stereocenters. The molecule has 1 aromatic rings. The van der Waals surface area contributed by atoms with Gasteiger partial charge < -0.3 is 26.4 Å². The van der Waals surface area contributed by atoms with Gasteiger partial charge in [-0.3, -0.25) is 19.2 Å². The molecular formula is C18H26N4O5. The van der Waals surface area contributed by atoms with Crippen molar-refractivity contribution in [3.8, 4) is 0 Å². The lowest BCUT2D eigenvalue weighted by Gasteiger charge is -2.15. The lowest BCUT2D eigenvalue weighted by molar-refractivity contribution is -0.141. The Kier molecular flexibility index (Phi) is 8.94. The van der Waals surface area contributed by atoms with Crippen molar-refractivity contribution in [3.63, 3.8) is 0 Å². The quantitative estimate of drug-likeness (QED) is 0.429. The van der Waals surface area contributed by atoms with Gasteiger partial charge in [-0.2, -0.15) is 0 Å². The molecule has 1 aromatic carbocycles. The first-order valence-electron chi connectivity index (χ1n) is 8.48. The van der Waals surface area contributed by atoms with E-state index in [0.717, 1.165) is 0 Å². The van der Waals surface area contributed by atoms with Gasteiger partial charge in [-0.15, -0.1) is 0 Å². The molecule has 27 heavy (non-hydrogen) atoms. The Labute approximate surface area is 158 Å². The summed E-state index contributed by atoms with van der Waals surface area (Å²) in [7, 11) is 1.24. The first-order valence-corrected chi connectivity index (χ1v) is 8.48. The summed E-state index contributed by atoms with van der Waals surface area (Å²) >= 11 is 0. The highest BCUT2D eigenvalue weighted by atomic mass is 16.5. The van der Waals surface area contributed by atoms with E-state index in [0.29, 0.717) is 11.3 Å². The molecule has 148 valence electrons. The third-order valence-corrected chi connectivity index (χ3v) is 3.70. The number of carbonyl (C=O) groups is 4. The van der Waals surface area contributed by atoms with Crippen LogP contribution in [0.1, 0.15) is 19.4 Å². The number of hydrogen-bond donors (Lipinski definition) is 4. The molecule has 0 saturated carbocycles. The van der Waals surface area contributed by atoms with Crippen molar-refractivity contribution in [2.45, 2.75) is 26.3 Å². The van der Waals surface area contributed by atoms with E-state index in [1.165, 1.54) is 7.11 Å². The van der Waals surface area contributed by atoms with Crippen molar-refractivity contribution < 1.29 is 23.9 Å². The fourth-order valence-electron chi connectivity index (χ4n) is 1.99. The highest BCUT2D eigenvalue weighted by molar-refractivity contribution is 5.95. The average Bonchev–Trinajstić information content (AvgIpc) is 2.64. The molecule has 0 saturated heterocycles. The highest BCUT2D eigenvalue weighted by Crippen LogP contribution is 2.10. The summed E-state index contributed by atoms with van der Waals surface area (Å²) in [6.07, 6.45) is 0.0916. The zero-order valence-corrected chi connectivity index (χ0v) is 15.7. The fourth-order valence-corrected chi connectivity index (χ4v) is 1.99. The molecule has 3 amide bonds. The number of carbonyl (C=O) groups excluding carboxylic acids is 4. The van der Waals surface area contributed by atoms with Crippen LogP contribution in [0.25, 0.3) is 0 Å². The minimum atomic E-state index is -0.664. The predicted molar refractivity (Wildman–Crippen MR) is 99.6 cm³/mol. The number of nitrogens with two attached hydrogens (primary N) is 1. The number of esters is 1. The Morgan fingerprint density at radius 2 is 1.63 bits per heavy atom. The third-order valence-electron chi connectivity index (χ3n) is 3.70. The second kappa shape index (κ2) is 10.9. The first-order chi connectivity index (χ1) is 12.7. The lowest BCUT2D eigenvalue weighted by atomic mass is 10.1. The van der Waals surface area contributed by atoms with Crippen molar-refractivity contribution in [2.24, 2.45) is 11.7 Å². The smallest absolute Gasteiger partial charge is 0.325 e. The minimum absolute atomic E-state index is 0.0228. The highest BCUT2D eigenvalue weighted by Gasteiger charge is 2.17. The largest absolute Gasteiger partial charge is 0.468 e. The molecule has 0 radical (unpaired) electrons. The molecule has 9 heteroatoms. The molecule has 1 rings (SSSR count). The fraction of sp³-hybridized carbons (Fsp3) is 0.444. The summed E-state index contributed by atoms with van der Waals surface area (Å²) < 4.78 is 4.44. The number of hydrogen-bond acceptors (Lipinski definition) is 6. The van der Waals surface area contributed by atoms with Crippen LogP contribution in [0.15, 0.2) is 24.3 Å². The standard InChI is InChI=1S/C18H26N4O5/c1-11(2)17(19)18(26)21-9-15(24)22-13-6-4-12(5-7-13)8-14(23)20-10-16(25)27-3/h4-7,11,17H,8-10,19H2,1-3H3,(H,20,23)(H,21,26)(H,22,24)/t17-/m0/s1. The first kappa shape index (κ1) is 22.1. The van der Waals surface area contributed by atoms with Gasteiger partial charge in [0.05, 0.1) is 26.1 Å². The molecule has 5 N–H and O–H groups in total. The van der Waals surface area contributed by atoms with Crippen LogP contribution < -0.4 is 21.7 Å². The second-order valence-electron chi connectivity index (χ2n) is 6.26. The monoisotopic (exact) mass is 378 g/mol. The summed E-state index contributed by atoms with van der Waals surface area (Å²) in [4.78, 5) is 46.3. The number of benzene rings is 1. The Morgan fingerprint density at radius 3 is 2.19 bits per heavy atom. The van der Waals surface area contributed by atoms with Crippen molar-refractivity contribution in [1.82, 2.24) is 10.6 Å². The maximum atomic E-state index is 11.9. The van der Waals surface area contributed by atoms with E-state index in [1.807, 2.05) is 13.8 Å². The van der Waals surface area contributed by atoms with Gasteiger partial charge in [0.1, 0.15) is 6.54 Å². The van der Waals surface area contributed by atoms with Crippen LogP contribution in [0.5, 0.6) is 0 Å². The number of methoxy groups -OCH3 is 1. The maximum Gasteiger partial charge on any atom is 0.325 e. The predicted octanol–water partition coefficient (Wildman–Crippen LogP) is -0.444. The molecule has 0 aliphatic heterocycles. The summed E-state index contributed by atoms with van der Waals surface area (Å²) in [6.45, 7) is 3.27. The van der Waals surface area contributed by atoms with Crippen LogP contribution in [0, 0.1) is 5.92 Å². The minimum Gasteiger partial charge on any atom is -0.468 e. The maximum absolute atomic E-state index is 11.9. The molecule has 0 bridgehead atoms. The number of ether oxygens (including phenoxy) is 1.